The van der Waals surface area contributed by atoms with Gasteiger partial charge in [0.15, 0.2) is 0 Å². The van der Waals surface area contributed by atoms with Crippen LogP contribution in [-0.4, -0.2) is 20.3 Å². The van der Waals surface area contributed by atoms with Gasteiger partial charge in [-0.3, -0.25) is 4.18 Å². The van der Waals surface area contributed by atoms with Crippen LogP contribution in [0.4, 0.5) is 0 Å². The minimum Gasteiger partial charge on any atom is -0.270 e. The van der Waals surface area contributed by atoms with E-state index in [9.17, 15) is 8.42 Å². The van der Waals surface area contributed by atoms with Crippen LogP contribution in [0.3, 0.4) is 0 Å². The minimum absolute atomic E-state index is 0.218. The van der Waals surface area contributed by atoms with E-state index in [0.29, 0.717) is 13.0 Å². The number of unbranched alkanes of at least 4 members (excludes halogenated alkanes) is 2. The van der Waals surface area contributed by atoms with Crippen molar-refractivity contribution in [1.29, 1.82) is 0 Å². The second-order valence-electron chi connectivity index (χ2n) is 3.22. The molecule has 1 fully saturated rings. The van der Waals surface area contributed by atoms with Crippen molar-refractivity contribution in [3.05, 3.63) is 0 Å². The Morgan fingerprint density at radius 2 is 2.17 bits per heavy atom. The highest BCUT2D eigenvalue weighted by Crippen LogP contribution is 2.22. The SMILES string of the molecule is CCCCCC1CCOS1(=O)=O. The Kier molecular flexibility index (Phi) is 3.53. The first kappa shape index (κ1) is 9.99. The molecule has 1 unspecified atom stereocenters. The van der Waals surface area contributed by atoms with Crippen molar-refractivity contribution in [2.24, 2.45) is 0 Å². The fourth-order valence-electron chi connectivity index (χ4n) is 1.45. The molecular formula is C8H16O3S. The van der Waals surface area contributed by atoms with E-state index >= 15 is 0 Å². The maximum absolute atomic E-state index is 11.1. The Labute approximate surface area is 74.2 Å². The van der Waals surface area contributed by atoms with Gasteiger partial charge >= 0.3 is 0 Å². The molecule has 0 spiro atoms. The molecular weight excluding hydrogens is 176 g/mol. The Morgan fingerprint density at radius 3 is 2.67 bits per heavy atom. The van der Waals surface area contributed by atoms with E-state index in [1.165, 1.54) is 0 Å². The minimum atomic E-state index is -3.17. The van der Waals surface area contributed by atoms with E-state index in [2.05, 4.69) is 11.1 Å². The zero-order chi connectivity index (χ0) is 9.03. The lowest BCUT2D eigenvalue weighted by atomic mass is 10.1. The van der Waals surface area contributed by atoms with Gasteiger partial charge in [0.2, 0.25) is 0 Å². The molecule has 1 atom stereocenters. The van der Waals surface area contributed by atoms with Gasteiger partial charge in [0.25, 0.3) is 10.1 Å². The molecule has 0 radical (unpaired) electrons. The number of rotatable bonds is 4. The van der Waals surface area contributed by atoms with Crippen LogP contribution in [0.5, 0.6) is 0 Å². The van der Waals surface area contributed by atoms with Crippen molar-refractivity contribution in [2.45, 2.75) is 44.3 Å². The van der Waals surface area contributed by atoms with E-state index in [4.69, 9.17) is 0 Å². The summed E-state index contributed by atoms with van der Waals surface area (Å²) in [6, 6.07) is 0. The molecule has 1 aliphatic rings. The third-order valence-electron chi connectivity index (χ3n) is 2.23. The molecule has 1 rings (SSSR count). The lowest BCUT2D eigenvalue weighted by Crippen LogP contribution is -2.14. The van der Waals surface area contributed by atoms with Gasteiger partial charge in [0.05, 0.1) is 11.9 Å². The summed E-state index contributed by atoms with van der Waals surface area (Å²) in [4.78, 5) is 0. The van der Waals surface area contributed by atoms with Crippen LogP contribution < -0.4 is 0 Å². The molecule has 3 nitrogen and oxygen atoms in total. The Hall–Kier alpha value is -0.0900. The topological polar surface area (TPSA) is 43.4 Å². The van der Waals surface area contributed by atoms with Crippen molar-refractivity contribution >= 4 is 10.1 Å². The van der Waals surface area contributed by atoms with Crippen molar-refractivity contribution in [2.75, 3.05) is 6.61 Å². The molecule has 0 saturated carbocycles. The second-order valence-corrected chi connectivity index (χ2v) is 5.11. The first-order valence-electron chi connectivity index (χ1n) is 4.55. The number of hydrogen-bond acceptors (Lipinski definition) is 3. The van der Waals surface area contributed by atoms with Crippen LogP contribution in [0, 0.1) is 0 Å². The molecule has 0 aromatic carbocycles. The third kappa shape index (κ3) is 2.45. The molecule has 0 bridgehead atoms. The van der Waals surface area contributed by atoms with E-state index < -0.39 is 10.1 Å². The molecule has 12 heavy (non-hydrogen) atoms. The standard InChI is InChI=1S/C8H16O3S/c1-2-3-4-5-8-6-7-11-12(8,9)10/h8H,2-7H2,1H3. The molecule has 72 valence electrons. The lowest BCUT2D eigenvalue weighted by Gasteiger charge is -2.05. The monoisotopic (exact) mass is 192 g/mol. The normalized spacial score (nSPS) is 27.6. The predicted octanol–water partition coefficient (Wildman–Crippen LogP) is 1.69. The highest BCUT2D eigenvalue weighted by atomic mass is 32.2. The average Bonchev–Trinajstić information content (AvgIpc) is 2.32. The van der Waals surface area contributed by atoms with Gasteiger partial charge in [-0.2, -0.15) is 8.42 Å². The maximum atomic E-state index is 11.1. The predicted molar refractivity (Wildman–Crippen MR) is 47.4 cm³/mol. The summed E-state index contributed by atoms with van der Waals surface area (Å²) < 4.78 is 26.9. The van der Waals surface area contributed by atoms with Gasteiger partial charge < -0.3 is 0 Å². The van der Waals surface area contributed by atoms with Gasteiger partial charge in [-0.15, -0.1) is 0 Å². The van der Waals surface area contributed by atoms with Crippen LogP contribution >= 0.6 is 0 Å². The van der Waals surface area contributed by atoms with Gasteiger partial charge in [0, 0.05) is 0 Å². The summed E-state index contributed by atoms with van der Waals surface area (Å²) in [7, 11) is -3.17. The van der Waals surface area contributed by atoms with Crippen LogP contribution in [0.1, 0.15) is 39.0 Å². The Morgan fingerprint density at radius 1 is 1.42 bits per heavy atom. The quantitative estimate of drug-likeness (QED) is 0.503. The summed E-state index contributed by atoms with van der Waals surface area (Å²) in [5.41, 5.74) is 0. The first-order valence-corrected chi connectivity index (χ1v) is 6.02. The summed E-state index contributed by atoms with van der Waals surface area (Å²) in [6.07, 6.45) is 4.71. The molecule has 1 aliphatic heterocycles. The van der Waals surface area contributed by atoms with Gasteiger partial charge in [-0.25, -0.2) is 0 Å². The summed E-state index contributed by atoms with van der Waals surface area (Å²) in [5.74, 6) is 0. The highest BCUT2D eigenvalue weighted by molar-refractivity contribution is 7.87. The Bertz CT molecular complexity index is 220. The molecule has 0 aromatic rings. The zero-order valence-electron chi connectivity index (χ0n) is 7.45. The fraction of sp³-hybridized carbons (Fsp3) is 1.00. The van der Waals surface area contributed by atoms with E-state index in [1.54, 1.807) is 0 Å². The lowest BCUT2D eigenvalue weighted by molar-refractivity contribution is 0.354. The Balaban J connectivity index is 2.32. The van der Waals surface area contributed by atoms with Crippen molar-refractivity contribution in [1.82, 2.24) is 0 Å². The van der Waals surface area contributed by atoms with Crippen LogP contribution in [0.15, 0.2) is 0 Å². The van der Waals surface area contributed by atoms with Crippen LogP contribution in [0.2, 0.25) is 0 Å². The molecule has 4 heteroatoms. The maximum Gasteiger partial charge on any atom is 0.270 e. The van der Waals surface area contributed by atoms with Gasteiger partial charge in [-0.05, 0) is 12.8 Å². The van der Waals surface area contributed by atoms with Crippen molar-refractivity contribution < 1.29 is 12.6 Å². The third-order valence-corrected chi connectivity index (χ3v) is 4.01. The van der Waals surface area contributed by atoms with Crippen LogP contribution in [-0.2, 0) is 14.3 Å². The average molecular weight is 192 g/mol. The zero-order valence-corrected chi connectivity index (χ0v) is 8.27. The molecule has 1 heterocycles. The number of hydrogen-bond donors (Lipinski definition) is 0. The molecule has 0 aromatic heterocycles. The van der Waals surface area contributed by atoms with Gasteiger partial charge in [0.1, 0.15) is 0 Å². The smallest absolute Gasteiger partial charge is 0.270 e. The highest BCUT2D eigenvalue weighted by Gasteiger charge is 2.31. The largest absolute Gasteiger partial charge is 0.270 e. The van der Waals surface area contributed by atoms with Crippen molar-refractivity contribution in [3.63, 3.8) is 0 Å². The molecule has 0 aliphatic carbocycles. The van der Waals surface area contributed by atoms with Crippen LogP contribution in [0.25, 0.3) is 0 Å². The fourth-order valence-corrected chi connectivity index (χ4v) is 2.81. The van der Waals surface area contributed by atoms with E-state index in [-0.39, 0.29) is 5.25 Å². The van der Waals surface area contributed by atoms with E-state index in [1.807, 2.05) is 0 Å². The van der Waals surface area contributed by atoms with E-state index in [0.717, 1.165) is 25.7 Å². The molecule has 1 saturated heterocycles. The molecule has 0 N–H and O–H groups in total. The van der Waals surface area contributed by atoms with Crippen molar-refractivity contribution in [3.8, 4) is 0 Å². The van der Waals surface area contributed by atoms with Gasteiger partial charge in [-0.1, -0.05) is 26.2 Å². The first-order chi connectivity index (χ1) is 5.67. The molecule has 0 amide bonds. The summed E-state index contributed by atoms with van der Waals surface area (Å²) in [5, 5.41) is -0.218. The summed E-state index contributed by atoms with van der Waals surface area (Å²) >= 11 is 0. The summed E-state index contributed by atoms with van der Waals surface area (Å²) in [6.45, 7) is 2.50. The second kappa shape index (κ2) is 4.23.